The second-order valence-electron chi connectivity index (χ2n) is 4.29. The normalized spacial score (nSPS) is 12.9. The average molecular weight is 285 g/mol. The molecule has 6 heteroatoms. The van der Waals surface area contributed by atoms with E-state index in [4.69, 9.17) is 17.3 Å². The Balaban J connectivity index is 2.17. The van der Waals surface area contributed by atoms with E-state index in [1.165, 1.54) is 0 Å². The maximum atomic E-state index is 6.23. The smallest absolute Gasteiger partial charge is 0.0947 e. The quantitative estimate of drug-likeness (QED) is 0.918. The van der Waals surface area contributed by atoms with Crippen LogP contribution in [0, 0.1) is 6.92 Å². The summed E-state index contributed by atoms with van der Waals surface area (Å²) in [6.07, 6.45) is 3.38. The van der Waals surface area contributed by atoms with E-state index in [-0.39, 0.29) is 6.04 Å². The third kappa shape index (κ3) is 2.91. The molecule has 0 saturated carbocycles. The van der Waals surface area contributed by atoms with Crippen LogP contribution >= 0.6 is 22.9 Å². The molecule has 0 bridgehead atoms. The molecule has 1 unspecified atom stereocenters. The van der Waals surface area contributed by atoms with Gasteiger partial charge in [0.05, 0.1) is 28.0 Å². The molecule has 1 atom stereocenters. The van der Waals surface area contributed by atoms with Gasteiger partial charge in [-0.3, -0.25) is 4.68 Å². The van der Waals surface area contributed by atoms with Crippen LogP contribution in [0.25, 0.3) is 0 Å². The van der Waals surface area contributed by atoms with Gasteiger partial charge in [0, 0.05) is 24.0 Å². The summed E-state index contributed by atoms with van der Waals surface area (Å²) in [6.45, 7) is 4.93. The number of thiazole rings is 1. The summed E-state index contributed by atoms with van der Waals surface area (Å²) in [4.78, 5) is 4.43. The van der Waals surface area contributed by atoms with Crippen LogP contribution in [0.2, 0.25) is 5.02 Å². The molecule has 0 aromatic carbocycles. The van der Waals surface area contributed by atoms with Crippen LogP contribution in [0.4, 0.5) is 0 Å². The van der Waals surface area contributed by atoms with Crippen LogP contribution in [-0.2, 0) is 13.0 Å². The van der Waals surface area contributed by atoms with Gasteiger partial charge in [-0.15, -0.1) is 11.3 Å². The number of hydrogen-bond donors (Lipinski definition) is 1. The van der Waals surface area contributed by atoms with Gasteiger partial charge in [0.25, 0.3) is 0 Å². The molecule has 0 aliphatic heterocycles. The van der Waals surface area contributed by atoms with Gasteiger partial charge in [-0.2, -0.15) is 5.10 Å². The van der Waals surface area contributed by atoms with E-state index in [2.05, 4.69) is 17.0 Å². The molecule has 0 spiro atoms. The van der Waals surface area contributed by atoms with E-state index in [9.17, 15) is 0 Å². The lowest BCUT2D eigenvalue weighted by Crippen LogP contribution is -2.19. The molecule has 0 aliphatic carbocycles. The topological polar surface area (TPSA) is 56.7 Å². The predicted octanol–water partition coefficient (Wildman–Crippen LogP) is 2.95. The van der Waals surface area contributed by atoms with Crippen molar-refractivity contribution in [3.8, 4) is 0 Å². The number of aromatic nitrogens is 3. The Hall–Kier alpha value is -0.910. The van der Waals surface area contributed by atoms with Crippen LogP contribution in [0.3, 0.4) is 0 Å². The van der Waals surface area contributed by atoms with Crippen LogP contribution in [0.1, 0.15) is 35.8 Å². The van der Waals surface area contributed by atoms with Crippen LogP contribution < -0.4 is 5.73 Å². The SMILES string of the molecule is CCCn1ncc(Cl)c1C(N)Cc1nc(C)cs1. The Morgan fingerprint density at radius 3 is 2.94 bits per heavy atom. The second kappa shape index (κ2) is 5.82. The van der Waals surface area contributed by atoms with Crippen molar-refractivity contribution in [2.24, 2.45) is 5.73 Å². The Morgan fingerprint density at radius 1 is 1.56 bits per heavy atom. The van der Waals surface area contributed by atoms with Crippen molar-refractivity contribution in [3.05, 3.63) is 33.0 Å². The molecule has 4 nitrogen and oxygen atoms in total. The fraction of sp³-hybridized carbons (Fsp3) is 0.500. The second-order valence-corrected chi connectivity index (χ2v) is 5.64. The van der Waals surface area contributed by atoms with Gasteiger partial charge >= 0.3 is 0 Å². The minimum absolute atomic E-state index is 0.155. The maximum absolute atomic E-state index is 6.23. The van der Waals surface area contributed by atoms with E-state index >= 15 is 0 Å². The average Bonchev–Trinajstić information content (AvgIpc) is 2.86. The summed E-state index contributed by atoms with van der Waals surface area (Å²) < 4.78 is 1.90. The minimum atomic E-state index is -0.155. The fourth-order valence-corrected chi connectivity index (χ4v) is 3.02. The summed E-state index contributed by atoms with van der Waals surface area (Å²) in [5.41, 5.74) is 8.18. The van der Waals surface area contributed by atoms with E-state index in [0.717, 1.165) is 29.4 Å². The maximum Gasteiger partial charge on any atom is 0.0947 e. The summed E-state index contributed by atoms with van der Waals surface area (Å²) in [6, 6.07) is -0.155. The number of hydrogen-bond acceptors (Lipinski definition) is 4. The van der Waals surface area contributed by atoms with Crippen LogP contribution in [0.15, 0.2) is 11.6 Å². The summed E-state index contributed by atoms with van der Waals surface area (Å²) in [5, 5.41) is 7.98. The van der Waals surface area contributed by atoms with Crippen molar-refractivity contribution >= 4 is 22.9 Å². The third-order valence-corrected chi connectivity index (χ3v) is 3.96. The molecular weight excluding hydrogens is 268 g/mol. The number of halogens is 1. The third-order valence-electron chi connectivity index (χ3n) is 2.68. The first-order chi connectivity index (χ1) is 8.61. The van der Waals surface area contributed by atoms with Gasteiger partial charge in [-0.05, 0) is 13.3 Å². The Kier molecular flexibility index (Phi) is 4.37. The zero-order valence-corrected chi connectivity index (χ0v) is 12.1. The summed E-state index contributed by atoms with van der Waals surface area (Å²) in [7, 11) is 0. The number of nitrogens with zero attached hydrogens (tertiary/aromatic N) is 3. The molecule has 2 aromatic rings. The minimum Gasteiger partial charge on any atom is -0.322 e. The Labute approximate surface area is 116 Å². The van der Waals surface area contributed by atoms with Gasteiger partial charge in [-0.25, -0.2) is 4.98 Å². The van der Waals surface area contributed by atoms with E-state index in [1.807, 2.05) is 17.0 Å². The molecule has 0 saturated heterocycles. The first-order valence-corrected chi connectivity index (χ1v) is 7.25. The van der Waals surface area contributed by atoms with Gasteiger partial charge in [0.2, 0.25) is 0 Å². The highest BCUT2D eigenvalue weighted by Gasteiger charge is 2.18. The van der Waals surface area contributed by atoms with Crippen molar-refractivity contribution in [1.29, 1.82) is 0 Å². The largest absolute Gasteiger partial charge is 0.322 e. The molecule has 0 amide bonds. The number of rotatable bonds is 5. The highest BCUT2D eigenvalue weighted by atomic mass is 35.5. The van der Waals surface area contributed by atoms with E-state index < -0.39 is 0 Å². The zero-order valence-electron chi connectivity index (χ0n) is 10.6. The molecule has 0 radical (unpaired) electrons. The highest BCUT2D eigenvalue weighted by molar-refractivity contribution is 7.09. The van der Waals surface area contributed by atoms with Crippen molar-refractivity contribution in [3.63, 3.8) is 0 Å². The molecule has 18 heavy (non-hydrogen) atoms. The molecule has 2 rings (SSSR count). The van der Waals surface area contributed by atoms with Gasteiger partial charge in [-0.1, -0.05) is 18.5 Å². The zero-order chi connectivity index (χ0) is 13.1. The van der Waals surface area contributed by atoms with E-state index in [1.54, 1.807) is 17.5 Å². The summed E-state index contributed by atoms with van der Waals surface area (Å²) >= 11 is 7.80. The molecule has 2 N–H and O–H groups in total. The monoisotopic (exact) mass is 284 g/mol. The molecule has 98 valence electrons. The number of aryl methyl sites for hydroxylation is 2. The molecule has 2 heterocycles. The standard InChI is InChI=1S/C12H17ClN4S/c1-3-4-17-12(9(13)6-15-17)10(14)5-11-16-8(2)7-18-11/h6-7,10H,3-5,14H2,1-2H3. The van der Waals surface area contributed by atoms with Crippen molar-refractivity contribution in [2.45, 2.75) is 39.3 Å². The molecule has 2 aromatic heterocycles. The summed E-state index contributed by atoms with van der Waals surface area (Å²) in [5.74, 6) is 0. The molecular formula is C12H17ClN4S. The molecule has 0 aliphatic rings. The van der Waals surface area contributed by atoms with Crippen LogP contribution in [0.5, 0.6) is 0 Å². The molecule has 0 fully saturated rings. The lowest BCUT2D eigenvalue weighted by Gasteiger charge is -2.13. The lowest BCUT2D eigenvalue weighted by molar-refractivity contribution is 0.537. The Bertz CT molecular complexity index is 520. The van der Waals surface area contributed by atoms with Gasteiger partial charge < -0.3 is 5.73 Å². The first kappa shape index (κ1) is 13.5. The highest BCUT2D eigenvalue weighted by Crippen LogP contribution is 2.25. The number of nitrogens with two attached hydrogens (primary N) is 1. The van der Waals surface area contributed by atoms with Crippen molar-refractivity contribution in [2.75, 3.05) is 0 Å². The fourth-order valence-electron chi connectivity index (χ4n) is 1.91. The first-order valence-electron chi connectivity index (χ1n) is 5.99. The Morgan fingerprint density at radius 2 is 2.33 bits per heavy atom. The van der Waals surface area contributed by atoms with E-state index in [0.29, 0.717) is 11.4 Å². The van der Waals surface area contributed by atoms with Crippen molar-refractivity contribution in [1.82, 2.24) is 14.8 Å². The van der Waals surface area contributed by atoms with Crippen LogP contribution in [-0.4, -0.2) is 14.8 Å². The van der Waals surface area contributed by atoms with Gasteiger partial charge in [0.1, 0.15) is 0 Å². The predicted molar refractivity (Wildman–Crippen MR) is 75.0 cm³/mol. The lowest BCUT2D eigenvalue weighted by atomic mass is 10.1. The van der Waals surface area contributed by atoms with Gasteiger partial charge in [0.15, 0.2) is 0 Å². The van der Waals surface area contributed by atoms with Crippen molar-refractivity contribution < 1.29 is 0 Å².